The van der Waals surface area contributed by atoms with Gasteiger partial charge in [0, 0.05) is 12.1 Å². The van der Waals surface area contributed by atoms with E-state index in [0.29, 0.717) is 23.6 Å². The number of Topliss-reactive ketones (excluding diaryl/α,β-unsaturated/α-hetero) is 1. The van der Waals surface area contributed by atoms with E-state index in [-0.39, 0.29) is 5.78 Å². The summed E-state index contributed by atoms with van der Waals surface area (Å²) in [4.78, 5) is 35.5. The van der Waals surface area contributed by atoms with Gasteiger partial charge in [0.2, 0.25) is 0 Å². The fraction of sp³-hybridized carbons (Fsp3) is 0.250. The number of rotatable bonds is 7. The summed E-state index contributed by atoms with van der Waals surface area (Å²) in [6.07, 6.45) is -0.940. The zero-order chi connectivity index (χ0) is 19.8. The highest BCUT2D eigenvalue weighted by Gasteiger charge is 2.19. The van der Waals surface area contributed by atoms with Crippen LogP contribution < -0.4 is 20.1 Å². The molecule has 0 fully saturated rings. The van der Waals surface area contributed by atoms with Crippen LogP contribution in [0.3, 0.4) is 0 Å². The zero-order valence-corrected chi connectivity index (χ0v) is 15.4. The molecular weight excluding hydrogens is 348 g/mol. The lowest BCUT2D eigenvalue weighted by molar-refractivity contribution is -0.126. The van der Waals surface area contributed by atoms with Gasteiger partial charge in [-0.15, -0.1) is 0 Å². The molecule has 0 aliphatic carbocycles. The van der Waals surface area contributed by atoms with Crippen molar-refractivity contribution in [3.05, 3.63) is 59.7 Å². The zero-order valence-electron chi connectivity index (χ0n) is 15.4. The van der Waals surface area contributed by atoms with Crippen molar-refractivity contribution in [3.8, 4) is 11.5 Å². The largest absolute Gasteiger partial charge is 0.493 e. The van der Waals surface area contributed by atoms with Gasteiger partial charge < -0.3 is 14.8 Å². The first kappa shape index (κ1) is 20.0. The van der Waals surface area contributed by atoms with E-state index in [1.165, 1.54) is 27.0 Å². The summed E-state index contributed by atoms with van der Waals surface area (Å²) in [5.74, 6) is -0.0790. The molecule has 0 aliphatic rings. The third-order valence-corrected chi connectivity index (χ3v) is 3.78. The number of imide groups is 1. The molecule has 0 radical (unpaired) electrons. The molecule has 27 heavy (non-hydrogen) atoms. The molecule has 3 amide bonds. The van der Waals surface area contributed by atoms with E-state index in [2.05, 4.69) is 10.6 Å². The highest BCUT2D eigenvalue weighted by Crippen LogP contribution is 2.29. The summed E-state index contributed by atoms with van der Waals surface area (Å²) in [5, 5.41) is 4.83. The summed E-state index contributed by atoms with van der Waals surface area (Å²) in [6.45, 7) is 3.26. The number of benzene rings is 2. The molecule has 1 atom stereocenters. The van der Waals surface area contributed by atoms with E-state index < -0.39 is 18.0 Å². The highest BCUT2D eigenvalue weighted by atomic mass is 16.5. The Balaban J connectivity index is 1.91. The standard InChI is InChI=1S/C20H22N2O5/c1-13(23)16-9-10-17(18(11-16)26-3)27-14(2)19(24)22-20(25)21-12-15-7-5-4-6-8-15/h4-11,14H,12H2,1-3H3,(H2,21,22,24,25)/t14-/m1/s1. The first-order valence-corrected chi connectivity index (χ1v) is 8.39. The Morgan fingerprint density at radius 3 is 2.37 bits per heavy atom. The molecule has 0 heterocycles. The van der Waals surface area contributed by atoms with Gasteiger partial charge in [0.05, 0.1) is 7.11 Å². The van der Waals surface area contributed by atoms with E-state index in [1.54, 1.807) is 12.1 Å². The number of methoxy groups -OCH3 is 1. The minimum absolute atomic E-state index is 0.110. The molecule has 0 spiro atoms. The number of ketones is 1. The minimum Gasteiger partial charge on any atom is -0.493 e. The molecule has 0 aromatic heterocycles. The third-order valence-electron chi connectivity index (χ3n) is 3.78. The van der Waals surface area contributed by atoms with Gasteiger partial charge >= 0.3 is 6.03 Å². The fourth-order valence-electron chi connectivity index (χ4n) is 2.26. The van der Waals surface area contributed by atoms with E-state index in [4.69, 9.17) is 9.47 Å². The quantitative estimate of drug-likeness (QED) is 0.731. The molecule has 7 heteroatoms. The van der Waals surface area contributed by atoms with Crippen LogP contribution in [0, 0.1) is 0 Å². The van der Waals surface area contributed by atoms with E-state index in [0.717, 1.165) is 5.56 Å². The topological polar surface area (TPSA) is 93.7 Å². The number of carbonyl (C=O) groups excluding carboxylic acids is 3. The van der Waals surface area contributed by atoms with Crippen molar-refractivity contribution in [1.29, 1.82) is 0 Å². The molecule has 7 nitrogen and oxygen atoms in total. The molecular formula is C20H22N2O5. The lowest BCUT2D eigenvalue weighted by Crippen LogP contribution is -2.44. The molecule has 0 bridgehead atoms. The van der Waals surface area contributed by atoms with Crippen molar-refractivity contribution in [2.24, 2.45) is 0 Å². The van der Waals surface area contributed by atoms with Crippen LogP contribution in [0.4, 0.5) is 4.79 Å². The second kappa shape index (κ2) is 9.38. The Morgan fingerprint density at radius 1 is 1.04 bits per heavy atom. The van der Waals surface area contributed by atoms with Crippen molar-refractivity contribution in [2.45, 2.75) is 26.5 Å². The normalized spacial score (nSPS) is 11.2. The average molecular weight is 370 g/mol. The Bertz CT molecular complexity index is 820. The maximum Gasteiger partial charge on any atom is 0.321 e. The third kappa shape index (κ3) is 5.85. The van der Waals surface area contributed by atoms with Crippen LogP contribution in [0.15, 0.2) is 48.5 Å². The number of urea groups is 1. The smallest absolute Gasteiger partial charge is 0.321 e. The van der Waals surface area contributed by atoms with E-state index in [9.17, 15) is 14.4 Å². The van der Waals surface area contributed by atoms with Gasteiger partial charge in [-0.25, -0.2) is 4.79 Å². The predicted molar refractivity (Wildman–Crippen MR) is 99.9 cm³/mol. The monoisotopic (exact) mass is 370 g/mol. The van der Waals surface area contributed by atoms with Crippen LogP contribution in [0.1, 0.15) is 29.8 Å². The summed E-state index contributed by atoms with van der Waals surface area (Å²) in [5.41, 5.74) is 1.39. The molecule has 0 unspecified atom stereocenters. The number of hydrogen-bond donors (Lipinski definition) is 2. The minimum atomic E-state index is -0.940. The second-order valence-electron chi connectivity index (χ2n) is 5.84. The summed E-state index contributed by atoms with van der Waals surface area (Å²) >= 11 is 0. The van der Waals surface area contributed by atoms with Gasteiger partial charge in [0.1, 0.15) is 0 Å². The fourth-order valence-corrected chi connectivity index (χ4v) is 2.26. The van der Waals surface area contributed by atoms with Crippen LogP contribution >= 0.6 is 0 Å². The van der Waals surface area contributed by atoms with Gasteiger partial charge in [-0.05, 0) is 37.6 Å². The number of carbonyl (C=O) groups is 3. The molecule has 142 valence electrons. The SMILES string of the molecule is COc1cc(C(C)=O)ccc1O[C@H](C)C(=O)NC(=O)NCc1ccccc1. The first-order chi connectivity index (χ1) is 12.9. The van der Waals surface area contributed by atoms with Crippen LogP contribution in [-0.4, -0.2) is 30.9 Å². The number of amides is 3. The molecule has 2 rings (SSSR count). The molecule has 0 saturated heterocycles. The molecule has 2 aromatic carbocycles. The van der Waals surface area contributed by atoms with Crippen molar-refractivity contribution >= 4 is 17.7 Å². The lowest BCUT2D eigenvalue weighted by Gasteiger charge is -2.17. The molecule has 2 aromatic rings. The molecule has 0 saturated carbocycles. The maximum atomic E-state index is 12.2. The number of nitrogens with one attached hydrogen (secondary N) is 2. The van der Waals surface area contributed by atoms with Crippen LogP contribution in [0.2, 0.25) is 0 Å². The molecule has 2 N–H and O–H groups in total. The van der Waals surface area contributed by atoms with E-state index >= 15 is 0 Å². The highest BCUT2D eigenvalue weighted by molar-refractivity contribution is 5.96. The Kier molecular flexibility index (Phi) is 6.93. The summed E-state index contributed by atoms with van der Waals surface area (Å²) < 4.78 is 10.8. The van der Waals surface area contributed by atoms with Gasteiger partial charge in [0.15, 0.2) is 23.4 Å². The van der Waals surface area contributed by atoms with Crippen LogP contribution in [-0.2, 0) is 11.3 Å². The molecule has 0 aliphatic heterocycles. The van der Waals surface area contributed by atoms with E-state index in [1.807, 2.05) is 30.3 Å². The van der Waals surface area contributed by atoms with Crippen LogP contribution in [0.25, 0.3) is 0 Å². The Morgan fingerprint density at radius 2 is 1.74 bits per heavy atom. The van der Waals surface area contributed by atoms with Crippen molar-refractivity contribution in [2.75, 3.05) is 7.11 Å². The average Bonchev–Trinajstić information content (AvgIpc) is 2.67. The number of ether oxygens (including phenoxy) is 2. The van der Waals surface area contributed by atoms with Gasteiger partial charge in [-0.3, -0.25) is 14.9 Å². The number of hydrogen-bond acceptors (Lipinski definition) is 5. The van der Waals surface area contributed by atoms with Gasteiger partial charge in [-0.1, -0.05) is 30.3 Å². The lowest BCUT2D eigenvalue weighted by atomic mass is 10.1. The second-order valence-corrected chi connectivity index (χ2v) is 5.84. The van der Waals surface area contributed by atoms with Crippen molar-refractivity contribution in [3.63, 3.8) is 0 Å². The summed E-state index contributed by atoms with van der Waals surface area (Å²) in [6, 6.07) is 13.4. The van der Waals surface area contributed by atoms with Crippen molar-refractivity contribution < 1.29 is 23.9 Å². The maximum absolute atomic E-state index is 12.2. The Labute approximate surface area is 157 Å². The van der Waals surface area contributed by atoms with Gasteiger partial charge in [0.25, 0.3) is 5.91 Å². The van der Waals surface area contributed by atoms with Gasteiger partial charge in [-0.2, -0.15) is 0 Å². The summed E-state index contributed by atoms with van der Waals surface area (Å²) in [7, 11) is 1.44. The van der Waals surface area contributed by atoms with Crippen molar-refractivity contribution in [1.82, 2.24) is 10.6 Å². The predicted octanol–water partition coefficient (Wildman–Crippen LogP) is 2.69. The van der Waals surface area contributed by atoms with Crippen LogP contribution in [0.5, 0.6) is 11.5 Å². The Hall–Kier alpha value is -3.35. The first-order valence-electron chi connectivity index (χ1n) is 8.39.